The fraction of sp³-hybridized carbons (Fsp3) is 0.130. The van der Waals surface area contributed by atoms with Crippen LogP contribution in [-0.4, -0.2) is 11.8 Å². The molecule has 4 aromatic rings. The Labute approximate surface area is 177 Å². The van der Waals surface area contributed by atoms with Crippen LogP contribution in [0.1, 0.15) is 35.2 Å². The summed E-state index contributed by atoms with van der Waals surface area (Å²) in [6.45, 7) is 1.99. The molecule has 29 heavy (non-hydrogen) atoms. The van der Waals surface area contributed by atoms with Gasteiger partial charge in [-0.1, -0.05) is 31.2 Å². The number of hydrogen-bond donors (Lipinski definition) is 2. The zero-order chi connectivity index (χ0) is 20.4. The molecule has 2 amide bonds. The molecular weight excluding hydrogens is 400 g/mol. The topological polar surface area (TPSA) is 72.2 Å². The standard InChI is InChI=1S/C23H20N2O2S2/c1-2-17(15-9-10-28-13-15)23(27)25-16-7-8-18(19(12-16)22(24)26)21-11-14-5-3-4-6-20(14)29-21/h3-13,17H,2H2,1H3,(H2,24,26)(H,25,27). The van der Waals surface area contributed by atoms with Gasteiger partial charge in [0.15, 0.2) is 0 Å². The average molecular weight is 421 g/mol. The Balaban J connectivity index is 1.65. The number of anilines is 1. The molecule has 0 saturated carbocycles. The van der Waals surface area contributed by atoms with Crippen molar-refractivity contribution in [1.29, 1.82) is 0 Å². The summed E-state index contributed by atoms with van der Waals surface area (Å²) in [5.41, 5.74) is 8.42. The Morgan fingerprint density at radius 2 is 1.93 bits per heavy atom. The van der Waals surface area contributed by atoms with Crippen LogP contribution in [0.5, 0.6) is 0 Å². The molecule has 0 saturated heterocycles. The fourth-order valence-corrected chi connectivity index (χ4v) is 5.25. The van der Waals surface area contributed by atoms with E-state index < -0.39 is 5.91 Å². The monoisotopic (exact) mass is 420 g/mol. The quantitative estimate of drug-likeness (QED) is 0.410. The van der Waals surface area contributed by atoms with Crippen molar-refractivity contribution in [2.75, 3.05) is 5.32 Å². The first kappa shape index (κ1) is 19.4. The summed E-state index contributed by atoms with van der Waals surface area (Å²) in [6.07, 6.45) is 0.700. The lowest BCUT2D eigenvalue weighted by Gasteiger charge is -2.15. The van der Waals surface area contributed by atoms with Crippen molar-refractivity contribution in [2.45, 2.75) is 19.3 Å². The Bertz CT molecular complexity index is 1150. The third kappa shape index (κ3) is 3.95. The predicted octanol–water partition coefficient (Wildman–Crippen LogP) is 5.86. The second-order valence-electron chi connectivity index (χ2n) is 6.78. The van der Waals surface area contributed by atoms with Crippen LogP contribution in [0.2, 0.25) is 0 Å². The molecule has 1 unspecified atom stereocenters. The van der Waals surface area contributed by atoms with E-state index in [0.717, 1.165) is 26.1 Å². The van der Waals surface area contributed by atoms with E-state index in [2.05, 4.69) is 17.4 Å². The second-order valence-corrected chi connectivity index (χ2v) is 8.64. The van der Waals surface area contributed by atoms with Gasteiger partial charge in [0.1, 0.15) is 0 Å². The summed E-state index contributed by atoms with van der Waals surface area (Å²) in [4.78, 5) is 25.9. The molecule has 0 bridgehead atoms. The Morgan fingerprint density at radius 3 is 2.62 bits per heavy atom. The number of carbonyl (C=O) groups excluding carboxylic acids is 2. The van der Waals surface area contributed by atoms with Crippen LogP contribution < -0.4 is 11.1 Å². The minimum atomic E-state index is -0.515. The van der Waals surface area contributed by atoms with Gasteiger partial charge in [0.05, 0.1) is 5.92 Å². The maximum atomic E-state index is 12.8. The van der Waals surface area contributed by atoms with E-state index in [1.165, 1.54) is 0 Å². The van der Waals surface area contributed by atoms with Gasteiger partial charge < -0.3 is 11.1 Å². The van der Waals surface area contributed by atoms with Crippen LogP contribution in [0.3, 0.4) is 0 Å². The van der Waals surface area contributed by atoms with Crippen LogP contribution in [-0.2, 0) is 4.79 Å². The summed E-state index contributed by atoms with van der Waals surface area (Å²) in [7, 11) is 0. The highest BCUT2D eigenvalue weighted by Gasteiger charge is 2.20. The van der Waals surface area contributed by atoms with E-state index in [-0.39, 0.29) is 11.8 Å². The minimum Gasteiger partial charge on any atom is -0.366 e. The molecule has 6 heteroatoms. The lowest BCUT2D eigenvalue weighted by Crippen LogP contribution is -2.21. The third-order valence-corrected chi connectivity index (χ3v) is 6.76. The molecule has 0 spiro atoms. The van der Waals surface area contributed by atoms with Gasteiger partial charge in [-0.25, -0.2) is 0 Å². The van der Waals surface area contributed by atoms with Gasteiger partial charge in [-0.05, 0) is 58.5 Å². The van der Waals surface area contributed by atoms with Gasteiger partial charge in [0.2, 0.25) is 11.8 Å². The number of rotatable bonds is 6. The van der Waals surface area contributed by atoms with Crippen molar-refractivity contribution in [3.05, 3.63) is 76.5 Å². The zero-order valence-electron chi connectivity index (χ0n) is 15.8. The van der Waals surface area contributed by atoms with Gasteiger partial charge in [-0.15, -0.1) is 11.3 Å². The molecule has 4 rings (SSSR count). The molecule has 2 aromatic heterocycles. The molecule has 0 aliphatic carbocycles. The van der Waals surface area contributed by atoms with Crippen LogP contribution in [0.25, 0.3) is 20.5 Å². The lowest BCUT2D eigenvalue weighted by molar-refractivity contribution is -0.117. The van der Waals surface area contributed by atoms with Crippen LogP contribution in [0.4, 0.5) is 5.69 Å². The SMILES string of the molecule is CCC(C(=O)Nc1ccc(-c2cc3ccccc3s2)c(C(N)=O)c1)c1ccsc1. The highest BCUT2D eigenvalue weighted by Crippen LogP contribution is 2.36. The van der Waals surface area contributed by atoms with E-state index in [1.807, 2.05) is 54.1 Å². The molecule has 4 nitrogen and oxygen atoms in total. The number of thiophene rings is 2. The van der Waals surface area contributed by atoms with Crippen molar-refractivity contribution in [2.24, 2.45) is 5.73 Å². The summed E-state index contributed by atoms with van der Waals surface area (Å²) >= 11 is 3.19. The van der Waals surface area contributed by atoms with Crippen LogP contribution in [0.15, 0.2) is 65.4 Å². The molecule has 0 aliphatic heterocycles. The smallest absolute Gasteiger partial charge is 0.249 e. The molecule has 1 atom stereocenters. The Hall–Kier alpha value is -2.96. The Kier molecular flexibility index (Phi) is 5.47. The number of primary amides is 1. The van der Waals surface area contributed by atoms with E-state index >= 15 is 0 Å². The summed E-state index contributed by atoms with van der Waals surface area (Å²) in [5.74, 6) is -0.824. The second kappa shape index (κ2) is 8.19. The van der Waals surface area contributed by atoms with E-state index in [4.69, 9.17) is 5.73 Å². The normalized spacial score (nSPS) is 12.0. The average Bonchev–Trinajstić information content (AvgIpc) is 3.38. The molecule has 146 valence electrons. The molecule has 0 aliphatic rings. The first-order chi connectivity index (χ1) is 14.1. The highest BCUT2D eigenvalue weighted by molar-refractivity contribution is 7.22. The number of nitrogens with one attached hydrogen (secondary N) is 1. The van der Waals surface area contributed by atoms with Gasteiger partial charge in [0.25, 0.3) is 0 Å². The zero-order valence-corrected chi connectivity index (χ0v) is 17.5. The molecule has 0 fully saturated rings. The van der Waals surface area contributed by atoms with Crippen molar-refractivity contribution < 1.29 is 9.59 Å². The fourth-order valence-electron chi connectivity index (χ4n) is 3.43. The van der Waals surface area contributed by atoms with Crippen LogP contribution in [0, 0.1) is 0 Å². The lowest BCUT2D eigenvalue weighted by atomic mass is 9.98. The number of amides is 2. The van der Waals surface area contributed by atoms with Gasteiger partial charge in [-0.2, -0.15) is 11.3 Å². The van der Waals surface area contributed by atoms with Crippen molar-refractivity contribution in [3.8, 4) is 10.4 Å². The predicted molar refractivity (Wildman–Crippen MR) is 122 cm³/mol. The highest BCUT2D eigenvalue weighted by atomic mass is 32.1. The van der Waals surface area contributed by atoms with E-state index in [1.54, 1.807) is 28.7 Å². The van der Waals surface area contributed by atoms with Crippen molar-refractivity contribution in [1.82, 2.24) is 0 Å². The van der Waals surface area contributed by atoms with Crippen molar-refractivity contribution >= 4 is 50.3 Å². The number of fused-ring (bicyclic) bond motifs is 1. The molecular formula is C23H20N2O2S2. The summed E-state index contributed by atoms with van der Waals surface area (Å²) in [5, 5.41) is 8.03. The first-order valence-corrected chi connectivity index (χ1v) is 11.1. The number of hydrogen-bond acceptors (Lipinski definition) is 4. The number of carbonyl (C=O) groups is 2. The molecule has 2 heterocycles. The van der Waals surface area contributed by atoms with E-state index in [9.17, 15) is 9.59 Å². The molecule has 2 aromatic carbocycles. The first-order valence-electron chi connectivity index (χ1n) is 9.32. The Morgan fingerprint density at radius 1 is 1.10 bits per heavy atom. The largest absolute Gasteiger partial charge is 0.366 e. The third-order valence-electron chi connectivity index (χ3n) is 4.91. The van der Waals surface area contributed by atoms with E-state index in [0.29, 0.717) is 17.7 Å². The number of nitrogens with two attached hydrogens (primary N) is 1. The van der Waals surface area contributed by atoms with Gasteiger partial charge in [0, 0.05) is 26.4 Å². The van der Waals surface area contributed by atoms with Gasteiger partial charge >= 0.3 is 0 Å². The van der Waals surface area contributed by atoms with Crippen LogP contribution >= 0.6 is 22.7 Å². The maximum absolute atomic E-state index is 12.8. The van der Waals surface area contributed by atoms with Gasteiger partial charge in [-0.3, -0.25) is 9.59 Å². The summed E-state index contributed by atoms with van der Waals surface area (Å²) < 4.78 is 1.15. The minimum absolute atomic E-state index is 0.0871. The van der Waals surface area contributed by atoms with Crippen molar-refractivity contribution in [3.63, 3.8) is 0 Å². The summed E-state index contributed by atoms with van der Waals surface area (Å²) in [6, 6.07) is 17.5. The maximum Gasteiger partial charge on any atom is 0.249 e. The number of benzene rings is 2. The molecule has 3 N–H and O–H groups in total. The molecule has 0 radical (unpaired) electrons.